The molecule has 1 heterocycles. The molecular weight excluding hydrogens is 460 g/mol. The Balaban J connectivity index is 1.43. The molecule has 0 radical (unpaired) electrons. The van der Waals surface area contributed by atoms with E-state index in [9.17, 15) is 14.7 Å². The quantitative estimate of drug-likeness (QED) is 0.436. The van der Waals surface area contributed by atoms with Gasteiger partial charge in [0.25, 0.3) is 5.91 Å². The summed E-state index contributed by atoms with van der Waals surface area (Å²) in [5.41, 5.74) is 3.32. The number of nitrogens with zero attached hydrogens (tertiary/aromatic N) is 1. The first-order chi connectivity index (χ1) is 15.9. The van der Waals surface area contributed by atoms with E-state index >= 15 is 0 Å². The van der Waals surface area contributed by atoms with Crippen molar-refractivity contribution >= 4 is 52.2 Å². The smallest absolute Gasteiger partial charge is 0.335 e. The molecule has 6 nitrogen and oxygen atoms in total. The Labute approximate surface area is 200 Å². The van der Waals surface area contributed by atoms with Crippen LogP contribution in [0.5, 0.6) is 5.75 Å². The number of carboxylic acid groups (broad SMARTS) is 1. The van der Waals surface area contributed by atoms with Gasteiger partial charge in [0, 0.05) is 5.02 Å². The molecule has 1 amide bonds. The minimum atomic E-state index is -1.03. The number of aryl methyl sites for hydroxylation is 1. The number of rotatable bonds is 6. The van der Waals surface area contributed by atoms with Gasteiger partial charge in [0.15, 0.2) is 5.17 Å². The molecule has 166 valence electrons. The highest BCUT2D eigenvalue weighted by atomic mass is 35.5. The molecule has 0 bridgehead atoms. The molecule has 2 N–H and O–H groups in total. The van der Waals surface area contributed by atoms with Gasteiger partial charge in [-0.05, 0) is 77.9 Å². The van der Waals surface area contributed by atoms with Crippen LogP contribution < -0.4 is 10.1 Å². The summed E-state index contributed by atoms with van der Waals surface area (Å²) >= 11 is 7.10. The fourth-order valence-electron chi connectivity index (χ4n) is 3.01. The van der Waals surface area contributed by atoms with Crippen molar-refractivity contribution in [1.29, 1.82) is 0 Å². The summed E-state index contributed by atoms with van der Waals surface area (Å²) in [6, 6.07) is 19.6. The maximum absolute atomic E-state index is 12.4. The number of nitrogens with one attached hydrogen (secondary N) is 1. The lowest BCUT2D eigenvalue weighted by atomic mass is 10.1. The zero-order valence-corrected chi connectivity index (χ0v) is 19.1. The number of aromatic carboxylic acids is 1. The maximum Gasteiger partial charge on any atom is 0.335 e. The Hall–Kier alpha value is -3.55. The van der Waals surface area contributed by atoms with E-state index in [4.69, 9.17) is 16.3 Å². The molecule has 4 rings (SSSR count). The van der Waals surface area contributed by atoms with Gasteiger partial charge in [-0.15, -0.1) is 0 Å². The van der Waals surface area contributed by atoms with Crippen LogP contribution in [0.1, 0.15) is 27.0 Å². The Morgan fingerprint density at radius 1 is 1.12 bits per heavy atom. The van der Waals surface area contributed by atoms with Gasteiger partial charge in [0.05, 0.1) is 16.2 Å². The SMILES string of the molecule is Cc1ccc(C(=O)O)cc1N=C1NC(=O)/C(=C/c2ccc(OCc3ccc(Cl)cc3)cc2)S1. The lowest BCUT2D eigenvalue weighted by Gasteiger charge is -2.06. The first-order valence-corrected chi connectivity index (χ1v) is 11.2. The van der Waals surface area contributed by atoms with Gasteiger partial charge in [-0.2, -0.15) is 0 Å². The number of aliphatic imine (C=N–C) groups is 1. The van der Waals surface area contributed by atoms with Crippen molar-refractivity contribution in [1.82, 2.24) is 5.32 Å². The lowest BCUT2D eigenvalue weighted by molar-refractivity contribution is -0.115. The zero-order chi connectivity index (χ0) is 23.4. The number of amidine groups is 1. The second-order valence-corrected chi connectivity index (χ2v) is 8.74. The molecule has 1 aliphatic rings. The van der Waals surface area contributed by atoms with E-state index in [0.29, 0.717) is 33.1 Å². The summed E-state index contributed by atoms with van der Waals surface area (Å²) in [6.45, 7) is 2.26. The normalized spacial score (nSPS) is 15.6. The number of halogens is 1. The third-order valence-corrected chi connectivity index (χ3v) is 5.99. The van der Waals surface area contributed by atoms with Crippen LogP contribution in [0.2, 0.25) is 5.02 Å². The predicted octanol–water partition coefficient (Wildman–Crippen LogP) is 5.82. The molecule has 0 aromatic heterocycles. The van der Waals surface area contributed by atoms with Gasteiger partial charge in [-0.1, -0.05) is 41.9 Å². The zero-order valence-electron chi connectivity index (χ0n) is 17.5. The van der Waals surface area contributed by atoms with E-state index in [0.717, 1.165) is 16.7 Å². The van der Waals surface area contributed by atoms with Crippen LogP contribution in [0, 0.1) is 6.92 Å². The van der Waals surface area contributed by atoms with Crippen LogP contribution >= 0.6 is 23.4 Å². The first kappa shape index (κ1) is 22.6. The monoisotopic (exact) mass is 478 g/mol. The van der Waals surface area contributed by atoms with Crippen molar-refractivity contribution in [3.05, 3.63) is 98.9 Å². The summed E-state index contributed by atoms with van der Waals surface area (Å²) < 4.78 is 5.79. The summed E-state index contributed by atoms with van der Waals surface area (Å²) in [7, 11) is 0. The number of carbonyl (C=O) groups excluding carboxylic acids is 1. The number of hydrogen-bond acceptors (Lipinski definition) is 5. The van der Waals surface area contributed by atoms with Crippen LogP contribution in [0.4, 0.5) is 5.69 Å². The number of hydrogen-bond donors (Lipinski definition) is 2. The Bertz CT molecular complexity index is 1270. The highest BCUT2D eigenvalue weighted by Crippen LogP contribution is 2.30. The van der Waals surface area contributed by atoms with E-state index in [2.05, 4.69) is 10.3 Å². The molecule has 1 saturated heterocycles. The molecule has 8 heteroatoms. The Kier molecular flexibility index (Phi) is 6.82. The van der Waals surface area contributed by atoms with E-state index < -0.39 is 5.97 Å². The van der Waals surface area contributed by atoms with Crippen molar-refractivity contribution in [2.24, 2.45) is 4.99 Å². The summed E-state index contributed by atoms with van der Waals surface area (Å²) in [6.07, 6.45) is 1.77. The van der Waals surface area contributed by atoms with E-state index in [1.807, 2.05) is 55.5 Å². The van der Waals surface area contributed by atoms with Crippen molar-refractivity contribution < 1.29 is 19.4 Å². The van der Waals surface area contributed by atoms with Crippen molar-refractivity contribution in [2.75, 3.05) is 0 Å². The number of benzene rings is 3. The van der Waals surface area contributed by atoms with Crippen molar-refractivity contribution in [3.8, 4) is 5.75 Å². The van der Waals surface area contributed by atoms with Crippen LogP contribution in [0.25, 0.3) is 6.08 Å². The van der Waals surface area contributed by atoms with Gasteiger partial charge >= 0.3 is 5.97 Å². The molecule has 0 spiro atoms. The van der Waals surface area contributed by atoms with Crippen molar-refractivity contribution in [3.63, 3.8) is 0 Å². The molecule has 0 saturated carbocycles. The Morgan fingerprint density at radius 2 is 1.85 bits per heavy atom. The number of thioether (sulfide) groups is 1. The molecule has 1 aliphatic heterocycles. The van der Waals surface area contributed by atoms with Crippen LogP contribution in [-0.2, 0) is 11.4 Å². The average molecular weight is 479 g/mol. The first-order valence-electron chi connectivity index (χ1n) is 9.98. The molecule has 0 aliphatic carbocycles. The summed E-state index contributed by atoms with van der Waals surface area (Å²) in [5, 5.41) is 13.0. The largest absolute Gasteiger partial charge is 0.489 e. The Morgan fingerprint density at radius 3 is 2.55 bits per heavy atom. The molecule has 33 heavy (non-hydrogen) atoms. The highest BCUT2D eigenvalue weighted by molar-refractivity contribution is 8.18. The van der Waals surface area contributed by atoms with Crippen LogP contribution in [-0.4, -0.2) is 22.2 Å². The van der Waals surface area contributed by atoms with Gasteiger partial charge in [0.1, 0.15) is 12.4 Å². The van der Waals surface area contributed by atoms with Crippen LogP contribution in [0.15, 0.2) is 76.6 Å². The molecular formula is C25H19ClN2O4S. The summed E-state index contributed by atoms with van der Waals surface area (Å²) in [5.74, 6) is -0.568. The topological polar surface area (TPSA) is 88.0 Å². The minimum Gasteiger partial charge on any atom is -0.489 e. The fourth-order valence-corrected chi connectivity index (χ4v) is 3.97. The molecule has 3 aromatic carbocycles. The summed E-state index contributed by atoms with van der Waals surface area (Å²) in [4.78, 5) is 28.5. The second kappa shape index (κ2) is 9.94. The fraction of sp³-hybridized carbons (Fsp3) is 0.0800. The van der Waals surface area contributed by atoms with E-state index in [1.165, 1.54) is 23.9 Å². The van der Waals surface area contributed by atoms with E-state index in [1.54, 1.807) is 12.1 Å². The molecule has 1 fully saturated rings. The number of ether oxygens (including phenoxy) is 1. The molecule has 0 atom stereocenters. The number of carbonyl (C=O) groups is 2. The molecule has 0 unspecified atom stereocenters. The second-order valence-electron chi connectivity index (χ2n) is 7.27. The number of amides is 1. The third kappa shape index (κ3) is 5.83. The van der Waals surface area contributed by atoms with Gasteiger partial charge in [-0.3, -0.25) is 4.79 Å². The van der Waals surface area contributed by atoms with Gasteiger partial charge in [0.2, 0.25) is 0 Å². The van der Waals surface area contributed by atoms with Gasteiger partial charge in [-0.25, -0.2) is 9.79 Å². The third-order valence-electron chi connectivity index (χ3n) is 4.83. The average Bonchev–Trinajstić information content (AvgIpc) is 3.14. The number of carboxylic acids is 1. The predicted molar refractivity (Wildman–Crippen MR) is 131 cm³/mol. The van der Waals surface area contributed by atoms with Crippen LogP contribution in [0.3, 0.4) is 0 Å². The highest BCUT2D eigenvalue weighted by Gasteiger charge is 2.24. The lowest BCUT2D eigenvalue weighted by Crippen LogP contribution is -2.19. The van der Waals surface area contributed by atoms with Gasteiger partial charge < -0.3 is 15.2 Å². The maximum atomic E-state index is 12.4. The minimum absolute atomic E-state index is 0.142. The van der Waals surface area contributed by atoms with E-state index in [-0.39, 0.29) is 11.5 Å². The van der Waals surface area contributed by atoms with Crippen molar-refractivity contribution in [2.45, 2.75) is 13.5 Å². The standard InChI is InChI=1S/C25H19ClN2O4S/c1-15-2-7-18(24(30)31)13-21(15)27-25-28-23(29)22(33-25)12-16-5-10-20(11-6-16)32-14-17-3-8-19(26)9-4-17/h2-13H,14H2,1H3,(H,30,31)(H,27,28,29)/b22-12-. The molecule has 3 aromatic rings.